The minimum atomic E-state index is -0.809. The molecule has 10 heteroatoms. The highest BCUT2D eigenvalue weighted by Gasteiger charge is 2.43. The van der Waals surface area contributed by atoms with E-state index >= 15 is 0 Å². The van der Waals surface area contributed by atoms with Gasteiger partial charge in [-0.2, -0.15) is 0 Å². The number of imide groups is 1. The fourth-order valence-corrected chi connectivity index (χ4v) is 5.90. The molecule has 1 atom stereocenters. The van der Waals surface area contributed by atoms with Gasteiger partial charge >= 0.3 is 5.97 Å². The summed E-state index contributed by atoms with van der Waals surface area (Å²) in [6, 6.07) is 10.3. The van der Waals surface area contributed by atoms with Crippen LogP contribution in [0.1, 0.15) is 72.1 Å². The van der Waals surface area contributed by atoms with Crippen LogP contribution in [-0.2, 0) is 43.3 Å². The van der Waals surface area contributed by atoms with Crippen LogP contribution in [-0.4, -0.2) is 65.1 Å². The van der Waals surface area contributed by atoms with Gasteiger partial charge in [0.25, 0.3) is 11.8 Å². The Morgan fingerprint density at radius 1 is 1.02 bits per heavy atom. The number of ether oxygens (including phenoxy) is 1. The third-order valence-corrected chi connectivity index (χ3v) is 8.61. The number of rotatable bonds is 9. The molecular weight excluding hydrogens is 558 g/mol. The number of fused-ring (bicyclic) bond motifs is 1. The number of hydrogen-bond acceptors (Lipinski definition) is 7. The number of Topliss-reactive ketones (excluding diaryl/α,β-unsaturated/α-hetero) is 1. The minimum Gasteiger partial charge on any atom is -0.443 e. The number of hydrogen-bond donors (Lipinski definition) is 1. The van der Waals surface area contributed by atoms with Crippen molar-refractivity contribution in [3.8, 4) is 0 Å². The summed E-state index contributed by atoms with van der Waals surface area (Å²) in [5, 5.41) is 3.83. The molecule has 0 aromatic heterocycles. The van der Waals surface area contributed by atoms with Gasteiger partial charge < -0.3 is 15.0 Å². The zero-order valence-electron chi connectivity index (χ0n) is 23.1. The van der Waals surface area contributed by atoms with Crippen molar-refractivity contribution in [2.45, 2.75) is 71.9 Å². The van der Waals surface area contributed by atoms with Crippen LogP contribution in [0, 0.1) is 12.8 Å². The van der Waals surface area contributed by atoms with E-state index in [-0.39, 0.29) is 44.4 Å². The molecule has 5 rings (SSSR count). The summed E-state index contributed by atoms with van der Waals surface area (Å²) in [5.74, 6) is -1.76. The van der Waals surface area contributed by atoms with Crippen molar-refractivity contribution in [2.24, 2.45) is 5.92 Å². The molecule has 3 heterocycles. The summed E-state index contributed by atoms with van der Waals surface area (Å²) in [7, 11) is 0. The molecule has 42 heavy (non-hydrogen) atoms. The average molecular weight is 596 g/mol. The molecule has 9 nitrogen and oxygen atoms in total. The van der Waals surface area contributed by atoms with Gasteiger partial charge in [-0.05, 0) is 80.1 Å². The Labute approximate surface area is 251 Å². The van der Waals surface area contributed by atoms with Crippen molar-refractivity contribution in [1.29, 1.82) is 0 Å². The average Bonchev–Trinajstić information content (AvgIpc) is 3.29. The molecule has 0 saturated carbocycles. The fourth-order valence-electron chi connectivity index (χ4n) is 5.70. The maximum Gasteiger partial charge on any atom is 0.310 e. The zero-order valence-corrected chi connectivity index (χ0v) is 23.9. The summed E-state index contributed by atoms with van der Waals surface area (Å²) < 4.78 is 5.35. The molecule has 1 unspecified atom stereocenters. The second-order valence-electron chi connectivity index (χ2n) is 11.1. The van der Waals surface area contributed by atoms with Gasteiger partial charge in [-0.25, -0.2) is 4.90 Å². The van der Waals surface area contributed by atoms with Crippen molar-refractivity contribution in [2.75, 3.05) is 19.8 Å². The maximum absolute atomic E-state index is 13.3. The van der Waals surface area contributed by atoms with Crippen LogP contribution in [0.4, 0.5) is 0 Å². The van der Waals surface area contributed by atoms with Gasteiger partial charge in [-0.1, -0.05) is 43.3 Å². The van der Waals surface area contributed by atoms with Crippen LogP contribution in [0.5, 0.6) is 0 Å². The first-order valence-corrected chi connectivity index (χ1v) is 14.5. The van der Waals surface area contributed by atoms with E-state index in [2.05, 4.69) is 5.32 Å². The minimum absolute atomic E-state index is 0. The van der Waals surface area contributed by atoms with Crippen LogP contribution in [0.25, 0.3) is 0 Å². The van der Waals surface area contributed by atoms with Gasteiger partial charge in [0.1, 0.15) is 11.8 Å². The lowest BCUT2D eigenvalue weighted by molar-refractivity contribution is -0.166. The number of nitrogens with zero attached hydrogens (tertiary/aromatic N) is 2. The van der Waals surface area contributed by atoms with E-state index in [0.29, 0.717) is 42.7 Å². The monoisotopic (exact) mass is 595 g/mol. The van der Waals surface area contributed by atoms with Crippen molar-refractivity contribution < 1.29 is 28.7 Å². The number of carbonyl (C=O) groups excluding carboxylic acids is 5. The smallest absolute Gasteiger partial charge is 0.310 e. The van der Waals surface area contributed by atoms with E-state index in [9.17, 15) is 24.0 Å². The van der Waals surface area contributed by atoms with Crippen LogP contribution in [0.3, 0.4) is 0 Å². The van der Waals surface area contributed by atoms with Gasteiger partial charge in [-0.15, -0.1) is 0 Å². The summed E-state index contributed by atoms with van der Waals surface area (Å²) in [4.78, 5) is 66.6. The highest BCUT2D eigenvalue weighted by atomic mass is 35.5. The van der Waals surface area contributed by atoms with E-state index in [0.717, 1.165) is 40.2 Å². The molecule has 2 fully saturated rings. The van der Waals surface area contributed by atoms with Gasteiger partial charge in [0.2, 0.25) is 5.91 Å². The standard InChI is InChI=1S/C31H34ClN3O6.CH4/c1-19-2-3-21(16-26(19)32)15-24(36)6-4-20-5-7-25-23(14-20)17-34(29(25)38)27-8-9-28(37)35(30(27)39)18-41-31(40)22-10-12-33-13-11-22;/h2-3,5,7,14,16,22,27,33H,4,6,8-13,15,17-18H2,1H3;1H4. The Bertz CT molecular complexity index is 1390. The van der Waals surface area contributed by atoms with Gasteiger partial charge in [-0.3, -0.25) is 24.0 Å². The number of nitrogens with one attached hydrogen (secondary N) is 1. The van der Waals surface area contributed by atoms with Gasteiger partial charge in [0.05, 0.1) is 5.92 Å². The SMILES string of the molecule is C.Cc1ccc(CC(=O)CCc2ccc3c(c2)CN(C2CCC(=O)N(COC(=O)C4CCNCC4)C2=O)C3=O)cc1Cl. The second-order valence-corrected chi connectivity index (χ2v) is 11.5. The number of halogens is 1. The number of carbonyl (C=O) groups is 5. The summed E-state index contributed by atoms with van der Waals surface area (Å²) in [5.41, 5.74) is 4.09. The van der Waals surface area contributed by atoms with Gasteiger partial charge in [0, 0.05) is 36.4 Å². The Balaban J connectivity index is 0.00000405. The number of esters is 1. The number of likely N-dealkylation sites (tertiary alicyclic amines) is 1. The highest BCUT2D eigenvalue weighted by Crippen LogP contribution is 2.30. The Morgan fingerprint density at radius 3 is 2.50 bits per heavy atom. The molecule has 3 amide bonds. The fraction of sp³-hybridized carbons (Fsp3) is 0.469. The van der Waals surface area contributed by atoms with Crippen molar-refractivity contribution in [3.05, 3.63) is 69.2 Å². The van der Waals surface area contributed by atoms with Crippen LogP contribution < -0.4 is 5.32 Å². The predicted molar refractivity (Wildman–Crippen MR) is 158 cm³/mol. The molecule has 2 aromatic rings. The van der Waals surface area contributed by atoms with Crippen molar-refractivity contribution >= 4 is 41.1 Å². The van der Waals surface area contributed by atoms with Crippen molar-refractivity contribution in [1.82, 2.24) is 15.1 Å². The maximum atomic E-state index is 13.3. The topological polar surface area (TPSA) is 113 Å². The lowest BCUT2D eigenvalue weighted by Crippen LogP contribution is -2.55. The number of benzene rings is 2. The molecule has 2 saturated heterocycles. The van der Waals surface area contributed by atoms with Crippen LogP contribution in [0.2, 0.25) is 5.02 Å². The summed E-state index contributed by atoms with van der Waals surface area (Å²) in [6.45, 7) is 3.18. The van der Waals surface area contributed by atoms with E-state index in [1.54, 1.807) is 6.07 Å². The van der Waals surface area contributed by atoms with E-state index in [1.165, 1.54) is 4.90 Å². The molecule has 224 valence electrons. The largest absolute Gasteiger partial charge is 0.443 e. The Kier molecular flexibility index (Phi) is 10.2. The van der Waals surface area contributed by atoms with Crippen LogP contribution in [0.15, 0.2) is 36.4 Å². The first kappa shape index (κ1) is 31.4. The number of piperidine rings is 2. The molecule has 2 aromatic carbocycles. The summed E-state index contributed by atoms with van der Waals surface area (Å²) >= 11 is 6.18. The third kappa shape index (κ3) is 6.90. The number of ketones is 1. The number of aryl methyl sites for hydroxylation is 2. The molecule has 0 bridgehead atoms. The highest BCUT2D eigenvalue weighted by molar-refractivity contribution is 6.31. The van der Waals surface area contributed by atoms with E-state index < -0.39 is 30.6 Å². The predicted octanol–water partition coefficient (Wildman–Crippen LogP) is 4.00. The van der Waals surface area contributed by atoms with Crippen molar-refractivity contribution in [3.63, 3.8) is 0 Å². The normalized spacial score (nSPS) is 19.0. The van der Waals surface area contributed by atoms with E-state index in [4.69, 9.17) is 16.3 Å². The molecule has 0 radical (unpaired) electrons. The van der Waals surface area contributed by atoms with E-state index in [1.807, 2.05) is 37.3 Å². The molecule has 0 aliphatic carbocycles. The molecule has 3 aliphatic rings. The lowest BCUT2D eigenvalue weighted by atomic mass is 9.99. The number of amides is 3. The molecule has 3 aliphatic heterocycles. The van der Waals surface area contributed by atoms with Gasteiger partial charge in [0.15, 0.2) is 6.73 Å². The Hall–Kier alpha value is -3.56. The zero-order chi connectivity index (χ0) is 29.1. The summed E-state index contributed by atoms with van der Waals surface area (Å²) in [6.07, 6.45) is 2.82. The molecule has 1 N–H and O–H groups in total. The molecular formula is C32H38ClN3O6. The first-order chi connectivity index (χ1) is 19.7. The van der Waals surface area contributed by atoms with Crippen LogP contribution >= 0.6 is 11.6 Å². The third-order valence-electron chi connectivity index (χ3n) is 8.20. The first-order valence-electron chi connectivity index (χ1n) is 14.1. The Morgan fingerprint density at radius 2 is 1.76 bits per heavy atom. The second kappa shape index (κ2) is 13.6. The lowest BCUT2D eigenvalue weighted by Gasteiger charge is -2.35. The molecule has 0 spiro atoms. The quantitative estimate of drug-likeness (QED) is 0.344.